The maximum absolute atomic E-state index is 14.5. The number of esters is 1. The van der Waals surface area contributed by atoms with Crippen LogP contribution in [0.1, 0.15) is 120 Å². The molecule has 2 unspecified atom stereocenters. The largest absolute Gasteiger partial charge is 0.507 e. The molecule has 0 heterocycles. The van der Waals surface area contributed by atoms with Crippen LogP contribution in [-0.4, -0.2) is 107 Å². The summed E-state index contributed by atoms with van der Waals surface area (Å²) in [5.74, 6) is -12.1. The van der Waals surface area contributed by atoms with Crippen LogP contribution in [0.5, 0.6) is 5.75 Å². The van der Waals surface area contributed by atoms with Gasteiger partial charge in [-0.2, -0.15) is 0 Å². The predicted octanol–water partition coefficient (Wildman–Crippen LogP) is 4.37. The molecule has 2 amide bonds. The third-order valence-corrected chi connectivity index (χ3v) is 11.6. The number of aromatic hydroxyl groups is 1. The topological polar surface area (TPSA) is 205 Å². The van der Waals surface area contributed by atoms with Gasteiger partial charge in [0.25, 0.3) is 0 Å². The summed E-state index contributed by atoms with van der Waals surface area (Å²) in [4.78, 5) is 99.1. The van der Waals surface area contributed by atoms with Gasteiger partial charge in [-0.25, -0.2) is 4.79 Å². The van der Waals surface area contributed by atoms with Crippen molar-refractivity contribution in [1.29, 1.82) is 0 Å². The summed E-state index contributed by atoms with van der Waals surface area (Å²) in [6.07, 6.45) is 8.82. The Morgan fingerprint density at radius 1 is 0.929 bits per heavy atom. The van der Waals surface area contributed by atoms with Gasteiger partial charge in [-0.3, -0.25) is 33.7 Å². The van der Waals surface area contributed by atoms with E-state index in [9.17, 15) is 43.8 Å². The number of hydrogen-bond acceptors (Lipinski definition) is 12. The first-order valence-corrected chi connectivity index (χ1v) is 20.1. The number of phenols is 1. The van der Waals surface area contributed by atoms with Crippen molar-refractivity contribution < 1.29 is 48.5 Å². The highest BCUT2D eigenvalue weighted by molar-refractivity contribution is 6.32. The highest BCUT2D eigenvalue weighted by atomic mass is 16.6. The zero-order valence-electron chi connectivity index (χ0n) is 34.4. The van der Waals surface area contributed by atoms with Gasteiger partial charge in [0, 0.05) is 44.2 Å². The minimum Gasteiger partial charge on any atom is -0.507 e. The van der Waals surface area contributed by atoms with Crippen LogP contribution in [0, 0.1) is 29.1 Å². The van der Waals surface area contributed by atoms with Gasteiger partial charge in [-0.05, 0) is 56.3 Å². The number of carbonyl (C=O) groups is 7. The number of ketones is 4. The number of amides is 2. The smallest absolute Gasteiger partial charge is 0.417 e. The van der Waals surface area contributed by atoms with Gasteiger partial charge in [0.2, 0.25) is 5.91 Å². The molecular formula is C42H62N4O10. The minimum atomic E-state index is -2.84. The number of likely N-dealkylation sites (N-methyl/N-ethyl adjacent to an activating group) is 1. The fourth-order valence-corrected chi connectivity index (χ4v) is 8.98. The Kier molecular flexibility index (Phi) is 14.3. The lowest BCUT2D eigenvalue weighted by Gasteiger charge is -2.52. The molecule has 0 radical (unpaired) electrons. The molecule has 2 fully saturated rings. The van der Waals surface area contributed by atoms with Crippen LogP contribution in [0.4, 0.5) is 10.5 Å². The molecule has 3 aliphatic carbocycles. The Hall–Kier alpha value is -4.17. The summed E-state index contributed by atoms with van der Waals surface area (Å²) < 4.78 is 5.29. The second-order valence-corrected chi connectivity index (χ2v) is 17.7. The van der Waals surface area contributed by atoms with Gasteiger partial charge < -0.3 is 30.5 Å². The van der Waals surface area contributed by atoms with E-state index in [4.69, 9.17) is 10.5 Å². The summed E-state index contributed by atoms with van der Waals surface area (Å²) in [5, 5.41) is 23.8. The quantitative estimate of drug-likeness (QED) is 0.122. The van der Waals surface area contributed by atoms with Crippen LogP contribution >= 0.6 is 0 Å². The number of anilines is 1. The fourth-order valence-electron chi connectivity index (χ4n) is 8.98. The number of fused-ring (bicyclic) bond motifs is 3. The molecule has 0 bridgehead atoms. The first-order valence-electron chi connectivity index (χ1n) is 20.1. The first-order chi connectivity index (χ1) is 26.2. The predicted molar refractivity (Wildman–Crippen MR) is 209 cm³/mol. The zero-order valence-corrected chi connectivity index (χ0v) is 34.4. The van der Waals surface area contributed by atoms with Crippen molar-refractivity contribution >= 4 is 46.8 Å². The lowest BCUT2D eigenvalue weighted by Crippen LogP contribution is -2.74. The summed E-state index contributed by atoms with van der Waals surface area (Å²) in [5.41, 5.74) is 3.09. The third kappa shape index (κ3) is 9.17. The van der Waals surface area contributed by atoms with Crippen molar-refractivity contribution in [2.24, 2.45) is 34.8 Å². The van der Waals surface area contributed by atoms with Crippen LogP contribution in [-0.2, 0) is 41.7 Å². The van der Waals surface area contributed by atoms with E-state index in [1.54, 1.807) is 25.1 Å². The second-order valence-electron chi connectivity index (χ2n) is 17.7. The maximum Gasteiger partial charge on any atom is 0.417 e. The highest BCUT2D eigenvalue weighted by Crippen LogP contribution is 2.52. The molecule has 1 aromatic rings. The monoisotopic (exact) mass is 782 g/mol. The van der Waals surface area contributed by atoms with Crippen molar-refractivity contribution in [2.45, 2.75) is 123 Å². The number of aliphatic hydroxyl groups is 1. The number of rotatable bonds is 16. The number of ether oxygens (including phenoxy) is 1. The molecule has 56 heavy (non-hydrogen) atoms. The van der Waals surface area contributed by atoms with Crippen LogP contribution in [0.3, 0.4) is 0 Å². The van der Waals surface area contributed by atoms with E-state index < -0.39 is 87.6 Å². The van der Waals surface area contributed by atoms with Crippen LogP contribution in [0.15, 0.2) is 6.07 Å². The van der Waals surface area contributed by atoms with Crippen molar-refractivity contribution in [1.82, 2.24) is 9.80 Å². The van der Waals surface area contributed by atoms with E-state index >= 15 is 0 Å². The van der Waals surface area contributed by atoms with E-state index in [0.717, 1.165) is 25.7 Å². The number of primary amides is 1. The van der Waals surface area contributed by atoms with E-state index in [0.29, 0.717) is 17.7 Å². The van der Waals surface area contributed by atoms with Crippen molar-refractivity contribution in [3.63, 3.8) is 0 Å². The van der Waals surface area contributed by atoms with Gasteiger partial charge in [0.15, 0.2) is 34.7 Å². The summed E-state index contributed by atoms with van der Waals surface area (Å²) in [6, 6.07) is 0.454. The summed E-state index contributed by atoms with van der Waals surface area (Å²) in [7, 11) is 6.55. The van der Waals surface area contributed by atoms with Crippen molar-refractivity contribution in [2.75, 3.05) is 39.6 Å². The third-order valence-electron chi connectivity index (χ3n) is 11.6. The number of hydrogen-bond donors (Lipinski definition) is 3. The lowest BCUT2D eigenvalue weighted by atomic mass is 9.52. The number of phenolic OH excluding ortho intramolecular Hbond substituents is 1. The molecule has 0 aromatic heterocycles. The molecule has 3 aliphatic rings. The molecule has 4 rings (SSSR count). The number of benzene rings is 1. The molecule has 2 saturated carbocycles. The van der Waals surface area contributed by atoms with E-state index in [1.807, 2.05) is 20.8 Å². The Morgan fingerprint density at radius 2 is 1.52 bits per heavy atom. The van der Waals surface area contributed by atoms with E-state index in [2.05, 4.69) is 6.92 Å². The van der Waals surface area contributed by atoms with Crippen molar-refractivity contribution in [3.8, 4) is 5.75 Å². The van der Waals surface area contributed by atoms with Gasteiger partial charge in [0.05, 0.1) is 24.1 Å². The fraction of sp³-hybridized carbons (Fsp3) is 0.690. The number of nitrogens with two attached hydrogens (primary N) is 1. The molecule has 1 aromatic carbocycles. The number of Topliss-reactive ketones (excluding diaryl/α,β-unsaturated/α-hetero) is 4. The molecule has 0 saturated heterocycles. The number of nitrogens with zero attached hydrogens (tertiary/aromatic N) is 3. The lowest BCUT2D eigenvalue weighted by molar-refractivity contribution is -0.181. The number of carbonyl (C=O) groups excluding carboxylic acids is 7. The number of unbranched alkanes of at least 4 members (excludes halogenated alkanes) is 8. The van der Waals surface area contributed by atoms with Crippen LogP contribution in [0.25, 0.3) is 0 Å². The summed E-state index contributed by atoms with van der Waals surface area (Å²) >= 11 is 0. The Balaban J connectivity index is 1.62. The molecule has 4 N–H and O–H groups in total. The Bertz CT molecular complexity index is 1720. The molecule has 6 atom stereocenters. The Labute approximate surface area is 330 Å². The average Bonchev–Trinajstić information content (AvgIpc) is 3.08. The van der Waals surface area contributed by atoms with Gasteiger partial charge >= 0.3 is 12.1 Å². The van der Waals surface area contributed by atoms with Crippen molar-refractivity contribution in [3.05, 3.63) is 22.8 Å². The van der Waals surface area contributed by atoms with Crippen LogP contribution in [0.2, 0.25) is 0 Å². The van der Waals surface area contributed by atoms with Gasteiger partial charge in [0.1, 0.15) is 5.75 Å². The molecular weight excluding hydrogens is 720 g/mol. The second kappa shape index (κ2) is 18.0. The molecule has 310 valence electrons. The Morgan fingerprint density at radius 3 is 2.05 bits per heavy atom. The highest BCUT2D eigenvalue weighted by Gasteiger charge is 2.69. The minimum absolute atomic E-state index is 0.0719. The summed E-state index contributed by atoms with van der Waals surface area (Å²) in [6.45, 7) is 7.77. The standard InChI is InChI=1S/C42H62N4O10/c1-9-10-11-12-13-14-15-16-17-18-29(47)56-40(54)46(23-41(2,3)4)22-25-21-28(44(5)6)26-19-24-20-27-33(45(7)8)36(50)32(39(43)53)38(52)42(27,55)37(51)30(24)35(49)31(26)34(25)48/h21,24,27,30,32-33,48,55H,9-20,22-23H2,1-8H3,(H2,43,53)/t24-,27-,30?,32?,33-,42-/m0/s1. The average molecular weight is 783 g/mol. The normalized spacial score (nSPS) is 24.7. The molecule has 14 nitrogen and oxygen atoms in total. The maximum atomic E-state index is 14.5. The SMILES string of the molecule is CCCCCCCCCCCC(=O)OC(=O)N(Cc1cc(N(C)C)c2c(c1O)C(=O)C1C(=O)[C@]3(O)C(=O)C(C(N)=O)C(=O)[C@@H](N(C)C)[C@@H]3C[C@@H]1C2)CC(C)(C)C. The molecule has 14 heteroatoms. The van der Waals surface area contributed by atoms with E-state index in [-0.39, 0.29) is 43.5 Å². The van der Waals surface area contributed by atoms with Gasteiger partial charge in [-0.15, -0.1) is 0 Å². The van der Waals surface area contributed by atoms with Crippen LogP contribution < -0.4 is 10.6 Å². The molecule has 0 spiro atoms. The zero-order chi connectivity index (χ0) is 41.9. The van der Waals surface area contributed by atoms with Gasteiger partial charge in [-0.1, -0.05) is 79.1 Å². The van der Waals surface area contributed by atoms with E-state index in [1.165, 1.54) is 49.6 Å². The first kappa shape index (κ1) is 44.5. The molecule has 0 aliphatic heterocycles.